The van der Waals surface area contributed by atoms with Crippen LogP contribution in [-0.4, -0.2) is 55.5 Å². The van der Waals surface area contributed by atoms with Crippen LogP contribution in [0.4, 0.5) is 0 Å². The van der Waals surface area contributed by atoms with Gasteiger partial charge in [0.15, 0.2) is 9.84 Å². The first-order valence-corrected chi connectivity index (χ1v) is 9.01. The zero-order valence-electron chi connectivity index (χ0n) is 13.1. The van der Waals surface area contributed by atoms with Crippen molar-refractivity contribution in [2.45, 2.75) is 25.0 Å². The van der Waals surface area contributed by atoms with E-state index in [0.29, 0.717) is 11.3 Å². The Morgan fingerprint density at radius 2 is 2.14 bits per heavy atom. The second-order valence-corrected chi connectivity index (χ2v) is 8.17. The third-order valence-corrected chi connectivity index (χ3v) is 6.28. The molecule has 0 radical (unpaired) electrons. The molecule has 0 spiro atoms. The van der Waals surface area contributed by atoms with Crippen LogP contribution < -0.4 is 4.74 Å². The molecule has 0 aromatic heterocycles. The first kappa shape index (κ1) is 17.2. The molecule has 6 nitrogen and oxygen atoms in total. The monoisotopic (exact) mass is 329 g/mol. The molecule has 1 fully saturated rings. The van der Waals surface area contributed by atoms with E-state index in [-0.39, 0.29) is 17.9 Å². The minimum atomic E-state index is -3.23. The highest BCUT2D eigenvalue weighted by Crippen LogP contribution is 2.41. The Morgan fingerprint density at radius 3 is 2.73 bits per heavy atom. The maximum Gasteiger partial charge on any atom is 0.150 e. The summed E-state index contributed by atoms with van der Waals surface area (Å²) in [4.78, 5) is 0. The average molecular weight is 329 g/mol. The van der Waals surface area contributed by atoms with Crippen LogP contribution in [0.3, 0.4) is 0 Å². The maximum absolute atomic E-state index is 12.0. The second-order valence-electron chi connectivity index (χ2n) is 5.94. The second kappa shape index (κ2) is 6.16. The molecular formula is C15H23NO5S. The fourth-order valence-corrected chi connectivity index (χ4v) is 4.93. The highest BCUT2D eigenvalue weighted by Gasteiger charge is 2.48. The number of rotatable bonds is 4. The molecule has 7 heteroatoms. The Bertz CT molecular complexity index is 631. The summed E-state index contributed by atoms with van der Waals surface area (Å²) >= 11 is 0. The van der Waals surface area contributed by atoms with Crippen LogP contribution in [0.1, 0.15) is 18.9 Å². The molecule has 3 atom stereocenters. The molecule has 2 rings (SSSR count). The van der Waals surface area contributed by atoms with Gasteiger partial charge in [-0.05, 0) is 31.0 Å². The quantitative estimate of drug-likeness (QED) is 0.802. The highest BCUT2D eigenvalue weighted by atomic mass is 32.2. The van der Waals surface area contributed by atoms with E-state index in [9.17, 15) is 18.7 Å². The minimum absolute atomic E-state index is 0.0704. The molecule has 1 aromatic carbocycles. The molecule has 0 amide bonds. The molecule has 0 bridgehead atoms. The number of aliphatic hydroxyl groups is 1. The predicted octanol–water partition coefficient (Wildman–Crippen LogP) is 1.03. The third-order valence-electron chi connectivity index (χ3n) is 4.58. The first-order chi connectivity index (χ1) is 10.2. The van der Waals surface area contributed by atoms with Crippen molar-refractivity contribution < 1.29 is 23.5 Å². The molecule has 22 heavy (non-hydrogen) atoms. The van der Waals surface area contributed by atoms with Gasteiger partial charge in [-0.15, -0.1) is 0 Å². The van der Waals surface area contributed by atoms with Gasteiger partial charge in [0, 0.05) is 19.0 Å². The molecule has 124 valence electrons. The number of sulfone groups is 1. The lowest BCUT2D eigenvalue weighted by Gasteiger charge is -2.44. The first-order valence-electron chi connectivity index (χ1n) is 7.18. The van der Waals surface area contributed by atoms with Gasteiger partial charge in [-0.2, -0.15) is 5.06 Å². The zero-order valence-corrected chi connectivity index (χ0v) is 13.9. The highest BCUT2D eigenvalue weighted by molar-refractivity contribution is 7.91. The Kier molecular flexibility index (Phi) is 4.81. The largest absolute Gasteiger partial charge is 0.497 e. The Labute approximate surface area is 131 Å². The van der Waals surface area contributed by atoms with Crippen molar-refractivity contribution >= 4 is 9.84 Å². The molecular weight excluding hydrogens is 306 g/mol. The van der Waals surface area contributed by atoms with E-state index >= 15 is 0 Å². The van der Waals surface area contributed by atoms with Crippen molar-refractivity contribution in [2.24, 2.45) is 5.92 Å². The van der Waals surface area contributed by atoms with Crippen LogP contribution in [0.2, 0.25) is 0 Å². The van der Waals surface area contributed by atoms with Crippen LogP contribution >= 0.6 is 0 Å². The maximum atomic E-state index is 12.0. The van der Waals surface area contributed by atoms with E-state index in [0.717, 1.165) is 5.06 Å². The molecule has 1 unspecified atom stereocenters. The van der Waals surface area contributed by atoms with Crippen molar-refractivity contribution in [3.05, 3.63) is 29.8 Å². The number of methoxy groups -OCH3 is 1. The molecule has 1 aromatic rings. The average Bonchev–Trinajstić information content (AvgIpc) is 2.49. The van der Waals surface area contributed by atoms with Crippen LogP contribution in [0.5, 0.6) is 5.75 Å². The van der Waals surface area contributed by atoms with Crippen molar-refractivity contribution in [3.8, 4) is 5.75 Å². The lowest BCUT2D eigenvalue weighted by molar-refractivity contribution is -0.147. The fraction of sp³-hybridized carbons (Fsp3) is 0.600. The van der Waals surface area contributed by atoms with Crippen LogP contribution in [0.15, 0.2) is 24.3 Å². The number of hydrogen-bond donors (Lipinski definition) is 2. The predicted molar refractivity (Wildman–Crippen MR) is 82.7 cm³/mol. The van der Waals surface area contributed by atoms with Crippen LogP contribution in [0, 0.1) is 5.92 Å². The molecule has 0 saturated carbocycles. The van der Waals surface area contributed by atoms with Crippen molar-refractivity contribution in [2.75, 3.05) is 25.7 Å². The van der Waals surface area contributed by atoms with Crippen LogP contribution in [-0.2, 0) is 15.4 Å². The SMILES string of the molecule is COc1cccc([C@]2(O)CCS(=O)(=O)C[C@@H]2C(C)N(C)O)c1. The topological polar surface area (TPSA) is 87.1 Å². The summed E-state index contributed by atoms with van der Waals surface area (Å²) in [6.07, 6.45) is 0.103. The van der Waals surface area contributed by atoms with E-state index in [1.54, 1.807) is 31.2 Å². The minimum Gasteiger partial charge on any atom is -0.497 e. The van der Waals surface area contributed by atoms with Gasteiger partial charge < -0.3 is 15.1 Å². The summed E-state index contributed by atoms with van der Waals surface area (Å²) in [6.45, 7) is 1.71. The van der Waals surface area contributed by atoms with Gasteiger partial charge in [0.2, 0.25) is 0 Å². The van der Waals surface area contributed by atoms with E-state index in [2.05, 4.69) is 0 Å². The molecule has 2 N–H and O–H groups in total. The van der Waals surface area contributed by atoms with Crippen molar-refractivity contribution in [1.82, 2.24) is 5.06 Å². The van der Waals surface area contributed by atoms with Crippen LogP contribution in [0.25, 0.3) is 0 Å². The molecule has 1 aliphatic heterocycles. The molecule has 0 aliphatic carbocycles. The zero-order chi connectivity index (χ0) is 16.5. The fourth-order valence-electron chi connectivity index (χ4n) is 3.04. The molecule has 1 heterocycles. The molecule has 1 aliphatic rings. The Balaban J connectivity index is 2.47. The van der Waals surface area contributed by atoms with Gasteiger partial charge in [0.25, 0.3) is 0 Å². The number of benzene rings is 1. The number of hydrogen-bond acceptors (Lipinski definition) is 6. The number of nitrogens with zero attached hydrogens (tertiary/aromatic N) is 1. The number of hydroxylamine groups is 2. The normalized spacial score (nSPS) is 29.3. The Morgan fingerprint density at radius 1 is 1.45 bits per heavy atom. The summed E-state index contributed by atoms with van der Waals surface area (Å²) < 4.78 is 29.2. The summed E-state index contributed by atoms with van der Waals surface area (Å²) in [5, 5.41) is 21.9. The lowest BCUT2D eigenvalue weighted by Crippen LogP contribution is -2.53. The number of ether oxygens (including phenoxy) is 1. The summed E-state index contributed by atoms with van der Waals surface area (Å²) in [6, 6.07) is 6.50. The van der Waals surface area contributed by atoms with Gasteiger partial charge in [-0.25, -0.2) is 8.42 Å². The van der Waals surface area contributed by atoms with Gasteiger partial charge in [-0.1, -0.05) is 12.1 Å². The van der Waals surface area contributed by atoms with Gasteiger partial charge >= 0.3 is 0 Å². The smallest absolute Gasteiger partial charge is 0.150 e. The van der Waals surface area contributed by atoms with Crippen molar-refractivity contribution in [3.63, 3.8) is 0 Å². The summed E-state index contributed by atoms with van der Waals surface area (Å²) in [5.41, 5.74) is -0.712. The van der Waals surface area contributed by atoms with Gasteiger partial charge in [-0.3, -0.25) is 0 Å². The van der Waals surface area contributed by atoms with E-state index < -0.39 is 27.4 Å². The van der Waals surface area contributed by atoms with E-state index in [1.165, 1.54) is 14.2 Å². The summed E-state index contributed by atoms with van der Waals surface area (Å²) in [7, 11) is -0.240. The summed E-state index contributed by atoms with van der Waals surface area (Å²) in [5.74, 6) is -0.261. The lowest BCUT2D eigenvalue weighted by atomic mass is 9.76. The van der Waals surface area contributed by atoms with Crippen molar-refractivity contribution in [1.29, 1.82) is 0 Å². The molecule has 1 saturated heterocycles. The van der Waals surface area contributed by atoms with Gasteiger partial charge in [0.1, 0.15) is 5.75 Å². The van der Waals surface area contributed by atoms with Gasteiger partial charge in [0.05, 0.1) is 24.2 Å². The third kappa shape index (κ3) is 3.27. The van der Waals surface area contributed by atoms with E-state index in [1.807, 2.05) is 0 Å². The Hall–Kier alpha value is -1.15. The van der Waals surface area contributed by atoms with E-state index in [4.69, 9.17) is 4.74 Å². The standard InChI is InChI=1S/C15H23NO5S/c1-11(16(2)18)14-10-22(19,20)8-7-15(14,17)12-5-4-6-13(9-12)21-3/h4-6,9,11,14,17-18H,7-8,10H2,1-3H3/t11?,14-,15-/m1/s1.